The van der Waals surface area contributed by atoms with Crippen molar-refractivity contribution in [3.63, 3.8) is 0 Å². The highest BCUT2D eigenvalue weighted by molar-refractivity contribution is 5.88. The van der Waals surface area contributed by atoms with Crippen LogP contribution in [0.25, 0.3) is 11.1 Å². The van der Waals surface area contributed by atoms with Gasteiger partial charge < -0.3 is 9.84 Å². The van der Waals surface area contributed by atoms with Gasteiger partial charge in [-0.1, -0.05) is 44.5 Å². The summed E-state index contributed by atoms with van der Waals surface area (Å²) in [6, 6.07) is 14.7. The summed E-state index contributed by atoms with van der Waals surface area (Å²) in [5, 5.41) is 8.89. The number of carboxylic acids is 1. The van der Waals surface area contributed by atoms with Gasteiger partial charge in [-0.25, -0.2) is 4.79 Å². The number of rotatable bonds is 6. The van der Waals surface area contributed by atoms with Gasteiger partial charge >= 0.3 is 5.97 Å². The van der Waals surface area contributed by atoms with Crippen molar-refractivity contribution in [2.45, 2.75) is 20.3 Å². The largest absolute Gasteiger partial charge is 0.493 e. The Bertz CT molecular complexity index is 585. The highest BCUT2D eigenvalue weighted by atomic mass is 16.5. The Labute approximate surface area is 125 Å². The summed E-state index contributed by atoms with van der Waals surface area (Å²) in [6.45, 7) is 5.04. The number of aromatic carboxylic acids is 1. The van der Waals surface area contributed by atoms with Crippen LogP contribution in [-0.2, 0) is 0 Å². The minimum Gasteiger partial charge on any atom is -0.493 e. The van der Waals surface area contributed by atoms with Crippen LogP contribution in [-0.4, -0.2) is 17.7 Å². The zero-order valence-corrected chi connectivity index (χ0v) is 12.4. The predicted octanol–water partition coefficient (Wildman–Crippen LogP) is 4.48. The maximum absolute atomic E-state index is 10.8. The molecule has 3 nitrogen and oxygen atoms in total. The summed E-state index contributed by atoms with van der Waals surface area (Å²) in [5.41, 5.74) is 2.34. The Kier molecular flexibility index (Phi) is 4.99. The zero-order chi connectivity index (χ0) is 15.2. The zero-order valence-electron chi connectivity index (χ0n) is 12.4. The Hall–Kier alpha value is -2.29. The fourth-order valence-corrected chi connectivity index (χ4v) is 1.91. The molecule has 0 aliphatic heterocycles. The summed E-state index contributed by atoms with van der Waals surface area (Å²) in [7, 11) is 0. The van der Waals surface area contributed by atoms with Crippen molar-refractivity contribution in [2.24, 2.45) is 5.92 Å². The second kappa shape index (κ2) is 6.93. The lowest BCUT2D eigenvalue weighted by Gasteiger charge is -2.11. The van der Waals surface area contributed by atoms with Crippen molar-refractivity contribution in [3.05, 3.63) is 54.1 Å². The topological polar surface area (TPSA) is 46.5 Å². The third kappa shape index (κ3) is 4.09. The molecule has 0 aromatic heterocycles. The molecule has 1 N–H and O–H groups in total. The lowest BCUT2D eigenvalue weighted by atomic mass is 10.0. The molecule has 21 heavy (non-hydrogen) atoms. The molecule has 0 amide bonds. The van der Waals surface area contributed by atoms with Crippen LogP contribution in [0.5, 0.6) is 5.75 Å². The minimum atomic E-state index is -0.907. The molecular weight excluding hydrogens is 264 g/mol. The van der Waals surface area contributed by atoms with Crippen LogP contribution in [0.15, 0.2) is 48.5 Å². The van der Waals surface area contributed by atoms with Gasteiger partial charge in [0.1, 0.15) is 5.75 Å². The SMILES string of the molecule is CC[C@H](C)COc1ccc(-c2ccc(C(=O)O)cc2)cc1. The second-order valence-electron chi connectivity index (χ2n) is 5.23. The smallest absolute Gasteiger partial charge is 0.335 e. The highest BCUT2D eigenvalue weighted by Crippen LogP contribution is 2.23. The van der Waals surface area contributed by atoms with E-state index in [9.17, 15) is 4.79 Å². The number of hydrogen-bond donors (Lipinski definition) is 1. The van der Waals surface area contributed by atoms with Crippen LogP contribution >= 0.6 is 0 Å². The first-order chi connectivity index (χ1) is 10.1. The number of ether oxygens (including phenoxy) is 1. The molecule has 0 spiro atoms. The summed E-state index contributed by atoms with van der Waals surface area (Å²) < 4.78 is 5.72. The minimum absolute atomic E-state index is 0.298. The van der Waals surface area contributed by atoms with Crippen LogP contribution in [0.1, 0.15) is 30.6 Å². The molecule has 0 aliphatic rings. The van der Waals surface area contributed by atoms with E-state index in [2.05, 4.69) is 13.8 Å². The lowest BCUT2D eigenvalue weighted by Crippen LogP contribution is -2.06. The predicted molar refractivity (Wildman–Crippen MR) is 83.8 cm³/mol. The molecule has 3 heteroatoms. The molecule has 0 saturated carbocycles. The van der Waals surface area contributed by atoms with Gasteiger partial charge in [-0.05, 0) is 41.3 Å². The van der Waals surface area contributed by atoms with Crippen molar-refractivity contribution < 1.29 is 14.6 Å². The molecule has 0 radical (unpaired) electrons. The maximum Gasteiger partial charge on any atom is 0.335 e. The lowest BCUT2D eigenvalue weighted by molar-refractivity contribution is 0.0697. The van der Waals surface area contributed by atoms with Crippen molar-refractivity contribution in [3.8, 4) is 16.9 Å². The summed E-state index contributed by atoms with van der Waals surface area (Å²) in [6.07, 6.45) is 1.11. The van der Waals surface area contributed by atoms with Gasteiger partial charge in [0, 0.05) is 0 Å². The molecule has 0 aliphatic carbocycles. The Morgan fingerprint density at radius 2 is 1.57 bits per heavy atom. The van der Waals surface area contributed by atoms with Crippen molar-refractivity contribution in [1.82, 2.24) is 0 Å². The van der Waals surface area contributed by atoms with Crippen LogP contribution in [0, 0.1) is 5.92 Å². The molecule has 0 saturated heterocycles. The number of benzene rings is 2. The van der Waals surface area contributed by atoms with Crippen LogP contribution in [0.2, 0.25) is 0 Å². The van der Waals surface area contributed by atoms with E-state index >= 15 is 0 Å². The number of carboxylic acid groups (broad SMARTS) is 1. The van der Waals surface area contributed by atoms with E-state index < -0.39 is 5.97 Å². The molecule has 2 aromatic rings. The molecule has 0 bridgehead atoms. The van der Waals surface area contributed by atoms with E-state index in [0.717, 1.165) is 29.9 Å². The van der Waals surface area contributed by atoms with Gasteiger partial charge in [0.15, 0.2) is 0 Å². The average Bonchev–Trinajstić information content (AvgIpc) is 2.53. The molecule has 110 valence electrons. The second-order valence-corrected chi connectivity index (χ2v) is 5.23. The first-order valence-corrected chi connectivity index (χ1v) is 7.16. The van der Waals surface area contributed by atoms with E-state index in [-0.39, 0.29) is 0 Å². The molecule has 2 rings (SSSR count). The fourth-order valence-electron chi connectivity index (χ4n) is 1.91. The van der Waals surface area contributed by atoms with Crippen LogP contribution in [0.3, 0.4) is 0 Å². The Balaban J connectivity index is 2.06. The van der Waals surface area contributed by atoms with Gasteiger partial charge in [-0.2, -0.15) is 0 Å². The van der Waals surface area contributed by atoms with E-state index in [1.165, 1.54) is 0 Å². The van der Waals surface area contributed by atoms with Crippen molar-refractivity contribution >= 4 is 5.97 Å². The highest BCUT2D eigenvalue weighted by Gasteiger charge is 2.04. The molecule has 1 atom stereocenters. The Morgan fingerprint density at radius 1 is 1.05 bits per heavy atom. The summed E-state index contributed by atoms with van der Waals surface area (Å²) >= 11 is 0. The maximum atomic E-state index is 10.8. The van der Waals surface area contributed by atoms with Gasteiger partial charge in [0.05, 0.1) is 12.2 Å². The van der Waals surface area contributed by atoms with Gasteiger partial charge in [-0.3, -0.25) is 0 Å². The summed E-state index contributed by atoms with van der Waals surface area (Å²) in [4.78, 5) is 10.8. The van der Waals surface area contributed by atoms with Gasteiger partial charge in [0.2, 0.25) is 0 Å². The van der Waals surface area contributed by atoms with Gasteiger partial charge in [-0.15, -0.1) is 0 Å². The van der Waals surface area contributed by atoms with Crippen molar-refractivity contribution in [2.75, 3.05) is 6.61 Å². The Morgan fingerprint density at radius 3 is 2.05 bits per heavy atom. The van der Waals surface area contributed by atoms with Crippen molar-refractivity contribution in [1.29, 1.82) is 0 Å². The van der Waals surface area contributed by atoms with Gasteiger partial charge in [0.25, 0.3) is 0 Å². The van der Waals surface area contributed by atoms with E-state index in [1.807, 2.05) is 36.4 Å². The van der Waals surface area contributed by atoms with E-state index in [0.29, 0.717) is 11.5 Å². The van der Waals surface area contributed by atoms with Crippen LogP contribution in [0.4, 0.5) is 0 Å². The third-order valence-electron chi connectivity index (χ3n) is 3.55. The third-order valence-corrected chi connectivity index (χ3v) is 3.55. The number of hydrogen-bond acceptors (Lipinski definition) is 2. The molecular formula is C18H20O3. The van der Waals surface area contributed by atoms with E-state index in [4.69, 9.17) is 9.84 Å². The first-order valence-electron chi connectivity index (χ1n) is 7.16. The standard InChI is InChI=1S/C18H20O3/c1-3-13(2)12-21-17-10-8-15(9-11-17)14-4-6-16(7-5-14)18(19)20/h4-11,13H,3,12H2,1-2H3,(H,19,20)/t13-/m0/s1. The fraction of sp³-hybridized carbons (Fsp3) is 0.278. The molecule has 2 aromatic carbocycles. The molecule has 0 unspecified atom stereocenters. The molecule has 0 heterocycles. The average molecular weight is 284 g/mol. The first kappa shape index (κ1) is 15.1. The monoisotopic (exact) mass is 284 g/mol. The quantitative estimate of drug-likeness (QED) is 0.851. The normalized spacial score (nSPS) is 11.9. The summed E-state index contributed by atoms with van der Waals surface area (Å²) in [5.74, 6) is 0.504. The van der Waals surface area contributed by atoms with E-state index in [1.54, 1.807) is 12.1 Å². The number of carbonyl (C=O) groups is 1. The van der Waals surface area contributed by atoms with Crippen LogP contribution < -0.4 is 4.74 Å². The molecule has 0 fully saturated rings.